The first-order chi connectivity index (χ1) is 14.5. The monoisotopic (exact) mass is 426 g/mol. The summed E-state index contributed by atoms with van der Waals surface area (Å²) in [4.78, 5) is 40.8. The maximum absolute atomic E-state index is 13.4. The zero-order valence-corrected chi connectivity index (χ0v) is 16.9. The van der Waals surface area contributed by atoms with Gasteiger partial charge in [-0.05, 0) is 53.2 Å². The molecule has 0 radical (unpaired) electrons. The second-order valence-corrected chi connectivity index (χ2v) is 7.92. The number of hydrogen-bond acceptors (Lipinski definition) is 5. The molecular weight excluding hydrogens is 407 g/mol. The summed E-state index contributed by atoms with van der Waals surface area (Å²) in [6.45, 7) is 2.13. The summed E-state index contributed by atoms with van der Waals surface area (Å²) in [7, 11) is 0. The number of halogens is 1. The molecule has 2 aliphatic rings. The van der Waals surface area contributed by atoms with E-state index >= 15 is 0 Å². The Morgan fingerprint density at radius 3 is 2.63 bits per heavy atom. The van der Waals surface area contributed by atoms with E-state index < -0.39 is 17.0 Å². The van der Waals surface area contributed by atoms with E-state index in [1.165, 1.54) is 18.2 Å². The molecule has 4 rings (SSSR count). The van der Waals surface area contributed by atoms with Gasteiger partial charge in [0.25, 0.3) is 17.1 Å². The smallest absolute Gasteiger partial charge is 0.293 e. The molecule has 0 N–H and O–H groups in total. The highest BCUT2D eigenvalue weighted by Gasteiger charge is 2.35. The van der Waals surface area contributed by atoms with E-state index in [0.29, 0.717) is 43.0 Å². The van der Waals surface area contributed by atoms with Crippen LogP contribution in [0, 0.1) is 5.82 Å². The standard InChI is InChI=1S/C22H19FN2O4S/c23-18-6-2-4-16(12-18)14-25-21(27)19(30-22(25)28)13-15-3-1-5-17(11-15)20(26)24-7-9-29-10-8-24/h1-6,11-13H,7-10,14H2/b19-13-. The summed E-state index contributed by atoms with van der Waals surface area (Å²) in [5.74, 6) is -0.941. The first kappa shape index (κ1) is 20.3. The van der Waals surface area contributed by atoms with Gasteiger partial charge in [0.2, 0.25) is 0 Å². The minimum atomic E-state index is -0.431. The van der Waals surface area contributed by atoms with Crippen LogP contribution in [0.4, 0.5) is 9.18 Å². The van der Waals surface area contributed by atoms with E-state index in [1.54, 1.807) is 41.3 Å². The van der Waals surface area contributed by atoms with Gasteiger partial charge in [-0.1, -0.05) is 24.3 Å². The molecule has 3 amide bonds. The molecule has 8 heteroatoms. The molecular formula is C22H19FN2O4S. The maximum atomic E-state index is 13.4. The molecule has 0 aromatic heterocycles. The van der Waals surface area contributed by atoms with E-state index in [1.807, 2.05) is 0 Å². The van der Waals surface area contributed by atoms with Crippen LogP contribution >= 0.6 is 11.8 Å². The molecule has 6 nitrogen and oxygen atoms in total. The van der Waals surface area contributed by atoms with Gasteiger partial charge in [0.15, 0.2) is 0 Å². The van der Waals surface area contributed by atoms with Crippen molar-refractivity contribution in [1.82, 2.24) is 9.80 Å². The molecule has 2 saturated heterocycles. The van der Waals surface area contributed by atoms with E-state index in [-0.39, 0.29) is 17.4 Å². The number of carbonyl (C=O) groups excluding carboxylic acids is 3. The first-order valence-electron chi connectivity index (χ1n) is 9.48. The number of benzene rings is 2. The zero-order chi connectivity index (χ0) is 21.1. The van der Waals surface area contributed by atoms with Crippen molar-refractivity contribution in [2.75, 3.05) is 26.3 Å². The number of morpholine rings is 1. The van der Waals surface area contributed by atoms with Gasteiger partial charge in [0.05, 0.1) is 24.7 Å². The second-order valence-electron chi connectivity index (χ2n) is 6.93. The van der Waals surface area contributed by atoms with Crippen molar-refractivity contribution < 1.29 is 23.5 Å². The van der Waals surface area contributed by atoms with Crippen molar-refractivity contribution >= 4 is 34.9 Å². The summed E-state index contributed by atoms with van der Waals surface area (Å²) in [6.07, 6.45) is 1.60. The third kappa shape index (κ3) is 4.44. The Kier molecular flexibility index (Phi) is 5.96. The van der Waals surface area contributed by atoms with E-state index in [0.717, 1.165) is 16.7 Å². The molecule has 0 spiro atoms. The van der Waals surface area contributed by atoms with Crippen LogP contribution in [0.2, 0.25) is 0 Å². The number of nitrogens with zero attached hydrogens (tertiary/aromatic N) is 2. The Labute approximate surface area is 177 Å². The fourth-order valence-electron chi connectivity index (χ4n) is 3.32. The third-order valence-corrected chi connectivity index (χ3v) is 5.74. The van der Waals surface area contributed by atoms with Gasteiger partial charge in [0.1, 0.15) is 5.82 Å². The number of amides is 3. The summed E-state index contributed by atoms with van der Waals surface area (Å²) < 4.78 is 18.7. The summed E-state index contributed by atoms with van der Waals surface area (Å²) in [6, 6.07) is 12.8. The lowest BCUT2D eigenvalue weighted by Crippen LogP contribution is -2.40. The van der Waals surface area contributed by atoms with Crippen molar-refractivity contribution in [3.8, 4) is 0 Å². The van der Waals surface area contributed by atoms with Crippen LogP contribution < -0.4 is 0 Å². The van der Waals surface area contributed by atoms with Gasteiger partial charge in [0, 0.05) is 18.7 Å². The SMILES string of the molecule is O=C(c1cccc(/C=C2\SC(=O)N(Cc3cccc(F)c3)C2=O)c1)N1CCOCC1. The number of carbonyl (C=O) groups is 3. The van der Waals surface area contributed by atoms with Gasteiger partial charge in [-0.2, -0.15) is 0 Å². The van der Waals surface area contributed by atoms with Gasteiger partial charge in [-0.3, -0.25) is 19.3 Å². The van der Waals surface area contributed by atoms with E-state index in [9.17, 15) is 18.8 Å². The quantitative estimate of drug-likeness (QED) is 0.700. The highest BCUT2D eigenvalue weighted by Crippen LogP contribution is 2.33. The van der Waals surface area contributed by atoms with Crippen LogP contribution in [0.1, 0.15) is 21.5 Å². The fourth-order valence-corrected chi connectivity index (χ4v) is 4.15. The highest BCUT2D eigenvalue weighted by atomic mass is 32.2. The molecule has 0 bridgehead atoms. The molecule has 2 aromatic rings. The topological polar surface area (TPSA) is 66.9 Å². The van der Waals surface area contributed by atoms with Crippen LogP contribution in [0.15, 0.2) is 53.4 Å². The van der Waals surface area contributed by atoms with Crippen LogP contribution in [0.25, 0.3) is 6.08 Å². The molecule has 0 saturated carbocycles. The zero-order valence-electron chi connectivity index (χ0n) is 16.0. The van der Waals surface area contributed by atoms with E-state index in [2.05, 4.69) is 0 Å². The highest BCUT2D eigenvalue weighted by molar-refractivity contribution is 8.18. The molecule has 30 heavy (non-hydrogen) atoms. The van der Waals surface area contributed by atoms with Crippen molar-refractivity contribution in [3.63, 3.8) is 0 Å². The maximum Gasteiger partial charge on any atom is 0.293 e. The molecule has 2 heterocycles. The van der Waals surface area contributed by atoms with Crippen LogP contribution in [-0.4, -0.2) is 53.2 Å². The number of imide groups is 1. The van der Waals surface area contributed by atoms with Gasteiger partial charge in [-0.15, -0.1) is 0 Å². The minimum absolute atomic E-state index is 0.00925. The summed E-state index contributed by atoms with van der Waals surface area (Å²) in [5.41, 5.74) is 1.71. The van der Waals surface area contributed by atoms with Crippen molar-refractivity contribution in [2.45, 2.75) is 6.54 Å². The lowest BCUT2D eigenvalue weighted by Gasteiger charge is -2.26. The van der Waals surface area contributed by atoms with Gasteiger partial charge >= 0.3 is 0 Å². The normalized spacial score (nSPS) is 18.4. The molecule has 154 valence electrons. The van der Waals surface area contributed by atoms with Gasteiger partial charge < -0.3 is 9.64 Å². The molecule has 0 aliphatic carbocycles. The first-order valence-corrected chi connectivity index (χ1v) is 10.3. The molecule has 2 fully saturated rings. The Morgan fingerprint density at radius 2 is 1.87 bits per heavy atom. The van der Waals surface area contributed by atoms with Crippen LogP contribution in [0.3, 0.4) is 0 Å². The number of ether oxygens (including phenoxy) is 1. The Hall–Kier alpha value is -2.97. The summed E-state index contributed by atoms with van der Waals surface area (Å²) >= 11 is 0.835. The predicted molar refractivity (Wildman–Crippen MR) is 111 cm³/mol. The Morgan fingerprint density at radius 1 is 1.10 bits per heavy atom. The van der Waals surface area contributed by atoms with Crippen molar-refractivity contribution in [2.24, 2.45) is 0 Å². The van der Waals surface area contributed by atoms with Crippen LogP contribution in [-0.2, 0) is 16.1 Å². The van der Waals surface area contributed by atoms with Crippen molar-refractivity contribution in [3.05, 3.63) is 75.9 Å². The average Bonchev–Trinajstić information content (AvgIpc) is 3.01. The Bertz CT molecular complexity index is 1030. The molecule has 2 aromatic carbocycles. The van der Waals surface area contributed by atoms with Gasteiger partial charge in [-0.25, -0.2) is 4.39 Å². The molecule has 0 unspecified atom stereocenters. The molecule has 2 aliphatic heterocycles. The van der Waals surface area contributed by atoms with Crippen LogP contribution in [0.5, 0.6) is 0 Å². The largest absolute Gasteiger partial charge is 0.378 e. The predicted octanol–water partition coefficient (Wildman–Crippen LogP) is 3.53. The fraction of sp³-hybridized carbons (Fsp3) is 0.227. The number of thioether (sulfide) groups is 1. The second kappa shape index (κ2) is 8.81. The minimum Gasteiger partial charge on any atom is -0.378 e. The van der Waals surface area contributed by atoms with E-state index in [4.69, 9.17) is 4.74 Å². The summed E-state index contributed by atoms with van der Waals surface area (Å²) in [5, 5.41) is -0.406. The lowest BCUT2D eigenvalue weighted by atomic mass is 10.1. The van der Waals surface area contributed by atoms with Crippen molar-refractivity contribution in [1.29, 1.82) is 0 Å². The number of rotatable bonds is 4. The Balaban J connectivity index is 1.51. The molecule has 0 atom stereocenters. The lowest BCUT2D eigenvalue weighted by molar-refractivity contribution is -0.123. The third-order valence-electron chi connectivity index (χ3n) is 4.83. The number of hydrogen-bond donors (Lipinski definition) is 0. The average molecular weight is 426 g/mol.